The van der Waals surface area contributed by atoms with Crippen molar-refractivity contribution in [3.63, 3.8) is 0 Å². The average Bonchev–Trinajstić information content (AvgIpc) is 3.01. The van der Waals surface area contributed by atoms with Gasteiger partial charge in [-0.05, 0) is 56.5 Å². The molecule has 0 aromatic heterocycles. The molecule has 1 heterocycles. The van der Waals surface area contributed by atoms with Crippen molar-refractivity contribution in [1.29, 1.82) is 0 Å². The molecule has 0 bridgehead atoms. The van der Waals surface area contributed by atoms with Crippen LogP contribution in [0.2, 0.25) is 0 Å². The van der Waals surface area contributed by atoms with Crippen LogP contribution in [-0.4, -0.2) is 68.0 Å². The Balaban J connectivity index is 0.00000480. The van der Waals surface area contributed by atoms with Crippen LogP contribution in [0.5, 0.6) is 0 Å². The molecule has 6 nitrogen and oxygen atoms in total. The number of hydrogen-bond donors (Lipinski definition) is 2. The fourth-order valence-corrected chi connectivity index (χ4v) is 3.94. The lowest BCUT2D eigenvalue weighted by molar-refractivity contribution is 0.0827. The van der Waals surface area contributed by atoms with Crippen LogP contribution in [0.3, 0.4) is 0 Å². The van der Waals surface area contributed by atoms with Crippen LogP contribution in [0.25, 0.3) is 0 Å². The predicted octanol–water partition coefficient (Wildman–Crippen LogP) is 3.96. The molecule has 0 spiro atoms. The van der Waals surface area contributed by atoms with Crippen LogP contribution in [0, 0.1) is 5.92 Å². The summed E-state index contributed by atoms with van der Waals surface area (Å²) >= 11 is 0. The normalized spacial score (nSPS) is 16.3. The molecule has 2 N–H and O–H groups in total. The summed E-state index contributed by atoms with van der Waals surface area (Å²) in [6.45, 7) is 11.5. The number of nitrogens with one attached hydrogen (secondary N) is 2. The predicted molar refractivity (Wildman–Crippen MR) is 141 cm³/mol. The molecule has 1 unspecified atom stereocenters. The molecule has 1 aromatic carbocycles. The minimum atomic E-state index is 0. The fraction of sp³-hybridized carbons (Fsp3) is 0.667. The zero-order valence-corrected chi connectivity index (χ0v) is 22.3. The lowest BCUT2D eigenvalue weighted by Crippen LogP contribution is -2.49. The summed E-state index contributed by atoms with van der Waals surface area (Å²) in [6, 6.07) is 8.24. The van der Waals surface area contributed by atoms with Crippen LogP contribution < -0.4 is 10.6 Å². The van der Waals surface area contributed by atoms with Crippen LogP contribution in [-0.2, 0) is 6.54 Å². The van der Waals surface area contributed by atoms with Gasteiger partial charge in [-0.25, -0.2) is 4.99 Å². The monoisotopic (exact) mass is 543 g/mol. The molecular formula is C24H42IN5O. The molecule has 176 valence electrons. The van der Waals surface area contributed by atoms with E-state index in [0.29, 0.717) is 24.1 Å². The number of carbonyl (C=O) groups excluding carboxylic acids is 1. The Morgan fingerprint density at radius 1 is 1.06 bits per heavy atom. The second kappa shape index (κ2) is 14.7. The molecule has 1 atom stereocenters. The van der Waals surface area contributed by atoms with Gasteiger partial charge in [0.1, 0.15) is 0 Å². The van der Waals surface area contributed by atoms with E-state index in [1.165, 1.54) is 38.8 Å². The summed E-state index contributed by atoms with van der Waals surface area (Å²) in [5.41, 5.74) is 1.80. The maximum atomic E-state index is 12.0. The van der Waals surface area contributed by atoms with Gasteiger partial charge in [0, 0.05) is 38.8 Å². The first kappa shape index (κ1) is 27.7. The number of hydrogen-bond acceptors (Lipinski definition) is 3. The van der Waals surface area contributed by atoms with E-state index >= 15 is 0 Å². The third-order valence-electron chi connectivity index (χ3n) is 5.73. The van der Waals surface area contributed by atoms with E-state index in [-0.39, 0.29) is 29.9 Å². The Kier molecular flexibility index (Phi) is 13.1. The van der Waals surface area contributed by atoms with Gasteiger partial charge in [0.2, 0.25) is 0 Å². The smallest absolute Gasteiger partial charge is 0.253 e. The summed E-state index contributed by atoms with van der Waals surface area (Å²) in [5.74, 6) is 1.47. The van der Waals surface area contributed by atoms with Crippen molar-refractivity contribution in [3.8, 4) is 0 Å². The molecule has 1 aliphatic rings. The fourth-order valence-electron chi connectivity index (χ4n) is 3.94. The van der Waals surface area contributed by atoms with Crippen molar-refractivity contribution >= 4 is 35.8 Å². The number of rotatable bonds is 8. The molecule has 1 aromatic rings. The number of guanidine groups is 1. The SMILES string of the molecule is CCNC(=NCc1ccc(C(=O)N(C)C)cc1)NCC(C(C)C)N1CCCCCC1.I. The van der Waals surface area contributed by atoms with Gasteiger partial charge in [-0.2, -0.15) is 0 Å². The molecule has 0 saturated carbocycles. The number of nitrogens with zero attached hydrogens (tertiary/aromatic N) is 3. The number of aliphatic imine (C=N–C) groups is 1. The quantitative estimate of drug-likeness (QED) is 0.296. The third kappa shape index (κ3) is 9.35. The van der Waals surface area contributed by atoms with Crippen molar-refractivity contribution in [2.45, 2.75) is 59.0 Å². The van der Waals surface area contributed by atoms with Crippen molar-refractivity contribution in [3.05, 3.63) is 35.4 Å². The van der Waals surface area contributed by atoms with Crippen molar-refractivity contribution in [1.82, 2.24) is 20.4 Å². The van der Waals surface area contributed by atoms with Crippen LogP contribution >= 0.6 is 24.0 Å². The first-order valence-corrected chi connectivity index (χ1v) is 11.5. The minimum Gasteiger partial charge on any atom is -0.357 e. The maximum absolute atomic E-state index is 12.0. The van der Waals surface area contributed by atoms with Crippen LogP contribution in [0.4, 0.5) is 0 Å². The van der Waals surface area contributed by atoms with Crippen LogP contribution in [0.1, 0.15) is 62.4 Å². The highest BCUT2D eigenvalue weighted by atomic mass is 127. The molecule has 31 heavy (non-hydrogen) atoms. The van der Waals surface area contributed by atoms with Gasteiger partial charge in [0.25, 0.3) is 5.91 Å². The van der Waals surface area contributed by atoms with E-state index < -0.39 is 0 Å². The number of benzene rings is 1. The standard InChI is InChI=1S/C24H41N5O.HI/c1-6-25-24(26-17-20-11-13-21(14-12-20)23(30)28(4)5)27-18-22(19(2)3)29-15-9-7-8-10-16-29;/h11-14,19,22H,6-10,15-18H2,1-5H3,(H2,25,26,27);1H. The van der Waals surface area contributed by atoms with Crippen molar-refractivity contribution < 1.29 is 4.79 Å². The van der Waals surface area contributed by atoms with Gasteiger partial charge in [-0.3, -0.25) is 9.69 Å². The Bertz CT molecular complexity index is 667. The van der Waals surface area contributed by atoms with Crippen molar-refractivity contribution in [2.24, 2.45) is 10.9 Å². The van der Waals surface area contributed by atoms with Gasteiger partial charge in [-0.15, -0.1) is 24.0 Å². The van der Waals surface area contributed by atoms with Gasteiger partial charge in [0.05, 0.1) is 6.54 Å². The van der Waals surface area contributed by atoms with Crippen LogP contribution in [0.15, 0.2) is 29.3 Å². The van der Waals surface area contributed by atoms with E-state index in [2.05, 4.69) is 36.3 Å². The first-order chi connectivity index (χ1) is 14.4. The second-order valence-corrected chi connectivity index (χ2v) is 8.73. The van der Waals surface area contributed by atoms with E-state index in [4.69, 9.17) is 4.99 Å². The Hall–Kier alpha value is -1.35. The molecule has 1 amide bonds. The Morgan fingerprint density at radius 3 is 2.19 bits per heavy atom. The lowest BCUT2D eigenvalue weighted by Gasteiger charge is -2.34. The van der Waals surface area contributed by atoms with E-state index in [0.717, 1.165) is 24.6 Å². The molecule has 1 fully saturated rings. The summed E-state index contributed by atoms with van der Waals surface area (Å²) < 4.78 is 0. The van der Waals surface area contributed by atoms with E-state index in [1.807, 2.05) is 24.3 Å². The lowest BCUT2D eigenvalue weighted by atomic mass is 10.0. The van der Waals surface area contributed by atoms with Gasteiger partial charge in [0.15, 0.2) is 5.96 Å². The van der Waals surface area contributed by atoms with Gasteiger partial charge < -0.3 is 15.5 Å². The van der Waals surface area contributed by atoms with Gasteiger partial charge >= 0.3 is 0 Å². The largest absolute Gasteiger partial charge is 0.357 e. The molecule has 0 aliphatic carbocycles. The summed E-state index contributed by atoms with van der Waals surface area (Å²) in [5, 5.41) is 6.94. The Morgan fingerprint density at radius 2 is 1.68 bits per heavy atom. The number of likely N-dealkylation sites (tertiary alicyclic amines) is 1. The third-order valence-corrected chi connectivity index (χ3v) is 5.73. The Labute approximate surface area is 206 Å². The van der Waals surface area contributed by atoms with E-state index in [9.17, 15) is 4.79 Å². The maximum Gasteiger partial charge on any atom is 0.253 e. The molecule has 1 aliphatic heterocycles. The molecule has 2 rings (SSSR count). The van der Waals surface area contributed by atoms with Crippen molar-refractivity contribution in [2.75, 3.05) is 40.3 Å². The molecule has 7 heteroatoms. The number of amides is 1. The molecule has 0 radical (unpaired) electrons. The second-order valence-electron chi connectivity index (χ2n) is 8.73. The van der Waals surface area contributed by atoms with E-state index in [1.54, 1.807) is 19.0 Å². The highest BCUT2D eigenvalue weighted by Crippen LogP contribution is 2.17. The number of halogens is 1. The zero-order valence-electron chi connectivity index (χ0n) is 20.0. The average molecular weight is 544 g/mol. The summed E-state index contributed by atoms with van der Waals surface area (Å²) in [6.07, 6.45) is 5.34. The topological polar surface area (TPSA) is 60.0 Å². The minimum absolute atomic E-state index is 0. The highest BCUT2D eigenvalue weighted by Gasteiger charge is 2.22. The number of carbonyl (C=O) groups is 1. The zero-order chi connectivity index (χ0) is 21.9. The molecular weight excluding hydrogens is 501 g/mol. The summed E-state index contributed by atoms with van der Waals surface area (Å²) in [7, 11) is 3.54. The first-order valence-electron chi connectivity index (χ1n) is 11.5. The highest BCUT2D eigenvalue weighted by molar-refractivity contribution is 14.0. The molecule has 1 saturated heterocycles. The summed E-state index contributed by atoms with van der Waals surface area (Å²) in [4.78, 5) is 21.1. The van der Waals surface area contributed by atoms with Gasteiger partial charge in [-0.1, -0.05) is 38.8 Å².